The zero-order chi connectivity index (χ0) is 13.6. The second kappa shape index (κ2) is 4.20. The summed E-state index contributed by atoms with van der Waals surface area (Å²) >= 11 is 1.54. The van der Waals surface area contributed by atoms with Crippen molar-refractivity contribution < 1.29 is 4.79 Å². The molecule has 0 spiro atoms. The molecule has 1 amide bonds. The molecule has 3 rings (SSSR count). The van der Waals surface area contributed by atoms with Crippen LogP contribution < -0.4 is 5.56 Å². The van der Waals surface area contributed by atoms with Crippen LogP contribution in [0.4, 0.5) is 0 Å². The van der Waals surface area contributed by atoms with Gasteiger partial charge < -0.3 is 9.88 Å². The number of hydrogen-bond acceptors (Lipinski definition) is 3. The molecule has 2 aromatic heterocycles. The normalized spacial score (nSPS) is 11.1. The first-order valence-corrected chi connectivity index (χ1v) is 6.71. The third-order valence-corrected chi connectivity index (χ3v) is 4.02. The van der Waals surface area contributed by atoms with Crippen molar-refractivity contribution in [3.63, 3.8) is 0 Å². The lowest BCUT2D eigenvalue weighted by atomic mass is 10.1. The third-order valence-electron chi connectivity index (χ3n) is 3.08. The van der Waals surface area contributed by atoms with E-state index in [1.54, 1.807) is 26.2 Å². The van der Waals surface area contributed by atoms with Gasteiger partial charge in [0.05, 0.1) is 10.9 Å². The maximum Gasteiger partial charge on any atom is 0.257 e. The Hall–Kier alpha value is -2.14. The number of fused-ring (bicyclic) bond motifs is 3. The molecule has 1 aromatic carbocycles. The predicted molar refractivity (Wildman–Crippen MR) is 78.0 cm³/mol. The molecular formula is C14H12N2O2S. The van der Waals surface area contributed by atoms with Crippen molar-refractivity contribution in [3.8, 4) is 0 Å². The number of pyridine rings is 1. The maximum atomic E-state index is 11.9. The number of benzene rings is 1. The molecule has 0 saturated carbocycles. The van der Waals surface area contributed by atoms with Crippen LogP contribution in [0.15, 0.2) is 34.4 Å². The van der Waals surface area contributed by atoms with Crippen molar-refractivity contribution >= 4 is 38.2 Å². The lowest BCUT2D eigenvalue weighted by molar-refractivity contribution is 0.0828. The Balaban J connectivity index is 2.32. The second-order valence-corrected chi connectivity index (χ2v) is 5.49. The van der Waals surface area contributed by atoms with Crippen LogP contribution in [0.1, 0.15) is 10.4 Å². The largest absolute Gasteiger partial charge is 0.345 e. The molecule has 0 aliphatic carbocycles. The molecule has 0 aliphatic heterocycles. The van der Waals surface area contributed by atoms with Gasteiger partial charge in [-0.1, -0.05) is 6.07 Å². The van der Waals surface area contributed by atoms with Crippen LogP contribution in [0.5, 0.6) is 0 Å². The number of rotatable bonds is 1. The van der Waals surface area contributed by atoms with Gasteiger partial charge in [0.1, 0.15) is 0 Å². The number of carbonyl (C=O) groups is 1. The highest BCUT2D eigenvalue weighted by Gasteiger charge is 2.11. The summed E-state index contributed by atoms with van der Waals surface area (Å²) in [5.41, 5.74) is 1.16. The summed E-state index contributed by atoms with van der Waals surface area (Å²) in [4.78, 5) is 28.2. The van der Waals surface area contributed by atoms with Crippen LogP contribution in [0.25, 0.3) is 21.0 Å². The first kappa shape index (κ1) is 11.9. The number of nitrogens with zero attached hydrogens (tertiary/aromatic N) is 1. The summed E-state index contributed by atoms with van der Waals surface area (Å²) in [6.07, 6.45) is 0. The Labute approximate surface area is 113 Å². The highest BCUT2D eigenvalue weighted by Crippen LogP contribution is 2.26. The fourth-order valence-corrected chi connectivity index (χ4v) is 3.06. The van der Waals surface area contributed by atoms with Gasteiger partial charge in [-0.2, -0.15) is 0 Å². The minimum Gasteiger partial charge on any atom is -0.345 e. The molecule has 4 nitrogen and oxygen atoms in total. The summed E-state index contributed by atoms with van der Waals surface area (Å²) < 4.78 is 0.961. The molecule has 0 saturated heterocycles. The topological polar surface area (TPSA) is 53.2 Å². The maximum absolute atomic E-state index is 11.9. The van der Waals surface area contributed by atoms with Gasteiger partial charge in [-0.05, 0) is 23.6 Å². The second-order valence-electron chi connectivity index (χ2n) is 4.58. The van der Waals surface area contributed by atoms with Crippen LogP contribution in [-0.4, -0.2) is 29.9 Å². The van der Waals surface area contributed by atoms with Gasteiger partial charge in [0.2, 0.25) is 0 Å². The van der Waals surface area contributed by atoms with Crippen LogP contribution in [0, 0.1) is 0 Å². The zero-order valence-corrected chi connectivity index (χ0v) is 11.4. The summed E-state index contributed by atoms with van der Waals surface area (Å²) in [6, 6.07) is 7.23. The molecule has 1 N–H and O–H groups in total. The van der Waals surface area contributed by atoms with Crippen molar-refractivity contribution in [1.82, 2.24) is 9.88 Å². The lowest BCUT2D eigenvalue weighted by Gasteiger charge is -2.10. The van der Waals surface area contributed by atoms with E-state index in [1.807, 2.05) is 17.5 Å². The molecule has 19 heavy (non-hydrogen) atoms. The van der Waals surface area contributed by atoms with Gasteiger partial charge >= 0.3 is 0 Å². The number of aromatic amines is 1. The molecule has 2 heterocycles. The molecule has 0 aliphatic rings. The number of carbonyl (C=O) groups excluding carboxylic acids is 1. The van der Waals surface area contributed by atoms with Crippen LogP contribution in [-0.2, 0) is 0 Å². The standard InChI is InChI=1S/C14H12N2O2S/c1-16(2)14(18)8-3-4-9-11(7-8)15-13(17)10-5-6-19-12(9)10/h3-7H,1-2H3,(H,15,17). The number of thiophene rings is 1. The Morgan fingerprint density at radius 2 is 2.00 bits per heavy atom. The van der Waals surface area contributed by atoms with E-state index < -0.39 is 0 Å². The van der Waals surface area contributed by atoms with Gasteiger partial charge in [-0.25, -0.2) is 0 Å². The quantitative estimate of drug-likeness (QED) is 0.739. The van der Waals surface area contributed by atoms with Gasteiger partial charge in [0.25, 0.3) is 11.5 Å². The SMILES string of the molecule is CN(C)C(=O)c1ccc2c(c1)[nH]c(=O)c1ccsc12. The number of aromatic nitrogens is 1. The van der Waals surface area contributed by atoms with Gasteiger partial charge in [-0.3, -0.25) is 9.59 Å². The molecule has 96 valence electrons. The summed E-state index contributed by atoms with van der Waals surface area (Å²) in [5, 5.41) is 3.57. The Morgan fingerprint density at radius 1 is 1.21 bits per heavy atom. The first-order chi connectivity index (χ1) is 9.08. The third kappa shape index (κ3) is 1.82. The minimum absolute atomic E-state index is 0.0750. The van der Waals surface area contributed by atoms with Crippen molar-refractivity contribution in [3.05, 3.63) is 45.6 Å². The Kier molecular flexibility index (Phi) is 2.64. The van der Waals surface area contributed by atoms with Crippen molar-refractivity contribution in [2.24, 2.45) is 0 Å². The van der Waals surface area contributed by atoms with E-state index in [1.165, 1.54) is 16.2 Å². The van der Waals surface area contributed by atoms with E-state index in [-0.39, 0.29) is 11.5 Å². The van der Waals surface area contributed by atoms with Crippen LogP contribution >= 0.6 is 11.3 Å². The van der Waals surface area contributed by atoms with Crippen LogP contribution in [0.3, 0.4) is 0 Å². The molecule has 0 unspecified atom stereocenters. The minimum atomic E-state index is -0.113. The molecule has 0 fully saturated rings. The van der Waals surface area contributed by atoms with Gasteiger partial charge in [-0.15, -0.1) is 11.3 Å². The number of nitrogens with one attached hydrogen (secondary N) is 1. The van der Waals surface area contributed by atoms with Gasteiger partial charge in [0.15, 0.2) is 0 Å². The lowest BCUT2D eigenvalue weighted by Crippen LogP contribution is -2.21. The van der Waals surface area contributed by atoms with E-state index in [2.05, 4.69) is 4.98 Å². The van der Waals surface area contributed by atoms with Crippen molar-refractivity contribution in [2.75, 3.05) is 14.1 Å². The van der Waals surface area contributed by atoms with E-state index in [4.69, 9.17) is 0 Å². The highest BCUT2D eigenvalue weighted by atomic mass is 32.1. The fourth-order valence-electron chi connectivity index (χ4n) is 2.12. The average molecular weight is 272 g/mol. The summed E-state index contributed by atoms with van der Waals surface area (Å²) in [6.45, 7) is 0. The van der Waals surface area contributed by atoms with Crippen molar-refractivity contribution in [2.45, 2.75) is 0 Å². The number of amides is 1. The molecule has 0 bridgehead atoms. The average Bonchev–Trinajstić information content (AvgIpc) is 2.87. The number of H-pyrrole nitrogens is 1. The van der Waals surface area contributed by atoms with Crippen molar-refractivity contribution in [1.29, 1.82) is 0 Å². The fraction of sp³-hybridized carbons (Fsp3) is 0.143. The Bertz CT molecular complexity index is 845. The van der Waals surface area contributed by atoms with E-state index in [0.717, 1.165) is 10.1 Å². The Morgan fingerprint density at radius 3 is 2.74 bits per heavy atom. The molecule has 0 atom stereocenters. The van der Waals surface area contributed by atoms with Crippen LogP contribution in [0.2, 0.25) is 0 Å². The highest BCUT2D eigenvalue weighted by molar-refractivity contribution is 7.18. The van der Waals surface area contributed by atoms with E-state index in [0.29, 0.717) is 16.5 Å². The summed E-state index contributed by atoms with van der Waals surface area (Å²) in [5.74, 6) is -0.0750. The first-order valence-electron chi connectivity index (χ1n) is 5.83. The molecule has 3 aromatic rings. The predicted octanol–water partition coefficient (Wildman–Crippen LogP) is 2.44. The molecular weight excluding hydrogens is 260 g/mol. The zero-order valence-electron chi connectivity index (χ0n) is 10.6. The molecule has 0 radical (unpaired) electrons. The van der Waals surface area contributed by atoms with Gasteiger partial charge in [0, 0.05) is 29.7 Å². The smallest absolute Gasteiger partial charge is 0.257 e. The monoisotopic (exact) mass is 272 g/mol. The number of hydrogen-bond donors (Lipinski definition) is 1. The molecule has 5 heteroatoms. The van der Waals surface area contributed by atoms with E-state index >= 15 is 0 Å². The van der Waals surface area contributed by atoms with E-state index in [9.17, 15) is 9.59 Å². The summed E-state index contributed by atoms with van der Waals surface area (Å²) in [7, 11) is 3.41.